The summed E-state index contributed by atoms with van der Waals surface area (Å²) >= 11 is 0. The first-order valence-electron chi connectivity index (χ1n) is 10.1. The van der Waals surface area contributed by atoms with Crippen molar-refractivity contribution in [1.29, 1.82) is 0 Å². The van der Waals surface area contributed by atoms with Gasteiger partial charge in [0.1, 0.15) is 0 Å². The van der Waals surface area contributed by atoms with Crippen molar-refractivity contribution >= 4 is 43.6 Å². The molecule has 0 radical (unpaired) electrons. The van der Waals surface area contributed by atoms with Crippen LogP contribution in [0.3, 0.4) is 0 Å². The molecule has 2 heteroatoms. The molecule has 142 valence electrons. The van der Waals surface area contributed by atoms with Crippen molar-refractivity contribution in [1.82, 2.24) is 9.97 Å². The Bertz CT molecular complexity index is 1260. The summed E-state index contributed by atoms with van der Waals surface area (Å²) in [4.78, 5) is 7.35. The van der Waals surface area contributed by atoms with Crippen molar-refractivity contribution in [2.75, 3.05) is 0 Å². The first-order chi connectivity index (χ1) is 13.1. The van der Waals surface area contributed by atoms with E-state index in [0.29, 0.717) is 0 Å². The number of fused-ring (bicyclic) bond motifs is 7. The Morgan fingerprint density at radius 3 is 1.25 bits per heavy atom. The van der Waals surface area contributed by atoms with E-state index in [1.165, 1.54) is 54.7 Å². The van der Waals surface area contributed by atoms with Crippen molar-refractivity contribution in [2.45, 2.75) is 52.4 Å². The van der Waals surface area contributed by atoms with Crippen LogP contribution >= 0.6 is 0 Å². The second-order valence-electron chi connectivity index (χ2n) is 10.2. The third kappa shape index (κ3) is 2.47. The molecular weight excluding hydrogens is 340 g/mol. The van der Waals surface area contributed by atoms with E-state index in [-0.39, 0.29) is 10.8 Å². The SMILES string of the molecule is CC(C)(C)c1ccc2[nH]c3c(ccc4c5cc(C(C)(C)C)ccc5[nH]c43)c2c1. The zero-order valence-electron chi connectivity index (χ0n) is 17.6. The monoisotopic (exact) mass is 368 g/mol. The summed E-state index contributed by atoms with van der Waals surface area (Å²) in [5.41, 5.74) is 7.83. The van der Waals surface area contributed by atoms with E-state index in [0.717, 1.165) is 0 Å². The maximum Gasteiger partial charge on any atom is 0.0710 e. The Labute approximate surface area is 165 Å². The molecule has 2 aromatic heterocycles. The van der Waals surface area contributed by atoms with Crippen LogP contribution in [-0.4, -0.2) is 9.97 Å². The minimum atomic E-state index is 0.145. The molecule has 28 heavy (non-hydrogen) atoms. The van der Waals surface area contributed by atoms with Gasteiger partial charge in [-0.05, 0) is 46.2 Å². The third-order valence-corrected chi connectivity index (χ3v) is 6.08. The predicted molar refractivity (Wildman–Crippen MR) is 123 cm³/mol. The summed E-state index contributed by atoms with van der Waals surface area (Å²) in [6, 6.07) is 18.2. The van der Waals surface area contributed by atoms with Crippen molar-refractivity contribution in [3.63, 3.8) is 0 Å². The molecule has 3 aromatic carbocycles. The fraction of sp³-hybridized carbons (Fsp3) is 0.308. The number of benzene rings is 3. The summed E-state index contributed by atoms with van der Waals surface area (Å²) in [6.45, 7) is 13.6. The number of H-pyrrole nitrogens is 2. The molecular formula is C26H28N2. The average Bonchev–Trinajstić information content (AvgIpc) is 3.17. The molecule has 5 rings (SSSR count). The van der Waals surface area contributed by atoms with E-state index in [1.54, 1.807) is 0 Å². The van der Waals surface area contributed by atoms with Gasteiger partial charge in [-0.25, -0.2) is 0 Å². The number of aromatic nitrogens is 2. The minimum Gasteiger partial charge on any atom is -0.353 e. The molecule has 0 atom stereocenters. The molecule has 0 bridgehead atoms. The number of hydrogen-bond donors (Lipinski definition) is 2. The van der Waals surface area contributed by atoms with Gasteiger partial charge >= 0.3 is 0 Å². The third-order valence-electron chi connectivity index (χ3n) is 6.08. The molecule has 2 N–H and O–H groups in total. The van der Waals surface area contributed by atoms with Gasteiger partial charge in [-0.1, -0.05) is 65.8 Å². The molecule has 0 saturated carbocycles. The number of nitrogens with one attached hydrogen (secondary N) is 2. The van der Waals surface area contributed by atoms with E-state index in [1.807, 2.05) is 0 Å². The molecule has 0 amide bonds. The van der Waals surface area contributed by atoms with E-state index < -0.39 is 0 Å². The summed E-state index contributed by atoms with van der Waals surface area (Å²) in [7, 11) is 0. The van der Waals surface area contributed by atoms with Crippen LogP contribution in [-0.2, 0) is 10.8 Å². The van der Waals surface area contributed by atoms with E-state index in [9.17, 15) is 0 Å². The Morgan fingerprint density at radius 1 is 0.500 bits per heavy atom. The Kier molecular flexibility index (Phi) is 3.35. The molecule has 0 aliphatic heterocycles. The highest BCUT2D eigenvalue weighted by molar-refractivity contribution is 6.21. The van der Waals surface area contributed by atoms with Crippen LogP contribution < -0.4 is 0 Å². The normalized spacial score (nSPS) is 13.4. The van der Waals surface area contributed by atoms with Crippen LogP contribution in [0.1, 0.15) is 52.7 Å². The first-order valence-corrected chi connectivity index (χ1v) is 10.1. The quantitative estimate of drug-likeness (QED) is 0.283. The van der Waals surface area contributed by atoms with Gasteiger partial charge in [0.25, 0.3) is 0 Å². The van der Waals surface area contributed by atoms with Gasteiger partial charge in [-0.2, -0.15) is 0 Å². The van der Waals surface area contributed by atoms with Crippen LogP contribution in [0.5, 0.6) is 0 Å². The standard InChI is InChI=1S/C26H28N2/c1-25(2,3)15-7-11-21-19(13-15)17-9-10-18-20-14-16(26(4,5)6)8-12-22(20)28-24(18)23(17)27-21/h7-14,27-28H,1-6H3. The second kappa shape index (κ2) is 5.41. The molecule has 0 spiro atoms. The van der Waals surface area contributed by atoms with Gasteiger partial charge in [0.05, 0.1) is 11.0 Å². The smallest absolute Gasteiger partial charge is 0.0710 e. The Hall–Kier alpha value is -2.74. The summed E-state index contributed by atoms with van der Waals surface area (Å²) in [5, 5.41) is 5.18. The molecule has 2 nitrogen and oxygen atoms in total. The van der Waals surface area contributed by atoms with Crippen LogP contribution in [0, 0.1) is 0 Å². The van der Waals surface area contributed by atoms with E-state index in [4.69, 9.17) is 0 Å². The fourth-order valence-electron chi connectivity index (χ4n) is 4.27. The molecule has 2 heterocycles. The minimum absolute atomic E-state index is 0.145. The van der Waals surface area contributed by atoms with Crippen LogP contribution in [0.4, 0.5) is 0 Å². The van der Waals surface area contributed by atoms with Gasteiger partial charge in [0.2, 0.25) is 0 Å². The number of rotatable bonds is 0. The lowest BCUT2D eigenvalue weighted by Gasteiger charge is -2.19. The summed E-state index contributed by atoms with van der Waals surface area (Å²) in [6.07, 6.45) is 0. The summed E-state index contributed by atoms with van der Waals surface area (Å²) < 4.78 is 0. The highest BCUT2D eigenvalue weighted by Crippen LogP contribution is 2.37. The summed E-state index contributed by atoms with van der Waals surface area (Å²) in [5.74, 6) is 0. The Morgan fingerprint density at radius 2 is 0.893 bits per heavy atom. The van der Waals surface area contributed by atoms with Gasteiger partial charge in [0, 0.05) is 32.6 Å². The Balaban J connectivity index is 1.84. The fourth-order valence-corrected chi connectivity index (χ4v) is 4.27. The van der Waals surface area contributed by atoms with Crippen molar-refractivity contribution in [3.05, 3.63) is 59.7 Å². The lowest BCUT2D eigenvalue weighted by Crippen LogP contribution is -2.10. The highest BCUT2D eigenvalue weighted by Gasteiger charge is 2.18. The van der Waals surface area contributed by atoms with Crippen molar-refractivity contribution in [2.24, 2.45) is 0 Å². The molecule has 5 aromatic rings. The zero-order chi connectivity index (χ0) is 19.8. The molecule has 0 aliphatic carbocycles. The van der Waals surface area contributed by atoms with Gasteiger partial charge in [-0.15, -0.1) is 0 Å². The predicted octanol–water partition coefficient (Wildman–Crippen LogP) is 7.55. The molecule has 0 saturated heterocycles. The van der Waals surface area contributed by atoms with Crippen LogP contribution in [0.2, 0.25) is 0 Å². The molecule has 0 unspecified atom stereocenters. The lowest BCUT2D eigenvalue weighted by molar-refractivity contribution is 0.591. The second-order valence-corrected chi connectivity index (χ2v) is 10.2. The van der Waals surface area contributed by atoms with Crippen molar-refractivity contribution in [3.8, 4) is 0 Å². The number of hydrogen-bond acceptors (Lipinski definition) is 0. The zero-order valence-corrected chi connectivity index (χ0v) is 17.6. The largest absolute Gasteiger partial charge is 0.353 e. The van der Waals surface area contributed by atoms with Crippen LogP contribution in [0.25, 0.3) is 43.6 Å². The van der Waals surface area contributed by atoms with Crippen LogP contribution in [0.15, 0.2) is 48.5 Å². The lowest BCUT2D eigenvalue weighted by atomic mass is 9.86. The van der Waals surface area contributed by atoms with Crippen molar-refractivity contribution < 1.29 is 0 Å². The van der Waals surface area contributed by atoms with E-state index >= 15 is 0 Å². The first kappa shape index (κ1) is 17.4. The van der Waals surface area contributed by atoms with Gasteiger partial charge in [0.15, 0.2) is 0 Å². The maximum absolute atomic E-state index is 3.67. The maximum atomic E-state index is 3.67. The average molecular weight is 369 g/mol. The number of aromatic amines is 2. The van der Waals surface area contributed by atoms with E-state index in [2.05, 4.69) is 100 Å². The highest BCUT2D eigenvalue weighted by atomic mass is 14.8. The van der Waals surface area contributed by atoms with Gasteiger partial charge < -0.3 is 9.97 Å². The van der Waals surface area contributed by atoms with Gasteiger partial charge in [-0.3, -0.25) is 0 Å². The molecule has 0 aliphatic rings. The topological polar surface area (TPSA) is 31.6 Å². The molecule has 0 fully saturated rings.